The van der Waals surface area contributed by atoms with Crippen LogP contribution in [0.3, 0.4) is 0 Å². The molecule has 2 saturated heterocycles. The summed E-state index contributed by atoms with van der Waals surface area (Å²) in [4.78, 5) is 62.9. The Bertz CT molecular complexity index is 1720. The molecule has 4 amide bonds. The van der Waals surface area contributed by atoms with Crippen LogP contribution in [0.15, 0.2) is 85.2 Å². The molecule has 0 aliphatic carbocycles. The number of amides is 4. The SMILES string of the molecule is O=C(Nc1ccc(/C=C/c2ccc(NC(=O)[C@@H]3CCCN3C(=O)c3ncccc3O)cc2)cc1)[C@@H]1CCCN1C(=O)c1ncccc1O. The minimum absolute atomic E-state index is 0.0686. The number of anilines is 2. The van der Waals surface area contributed by atoms with Crippen LogP contribution in [-0.2, 0) is 9.59 Å². The van der Waals surface area contributed by atoms with E-state index in [9.17, 15) is 29.4 Å². The molecule has 4 aromatic rings. The molecule has 2 aromatic carbocycles. The predicted molar refractivity (Wildman–Crippen MR) is 179 cm³/mol. The summed E-state index contributed by atoms with van der Waals surface area (Å²) in [6, 6.07) is 19.1. The van der Waals surface area contributed by atoms with Crippen molar-refractivity contribution in [1.82, 2.24) is 19.8 Å². The van der Waals surface area contributed by atoms with E-state index in [2.05, 4.69) is 20.6 Å². The third-order valence-corrected chi connectivity index (χ3v) is 8.44. The molecule has 0 radical (unpaired) electrons. The molecule has 6 rings (SSSR count). The van der Waals surface area contributed by atoms with Crippen molar-refractivity contribution in [2.75, 3.05) is 23.7 Å². The minimum Gasteiger partial charge on any atom is -0.505 e. The van der Waals surface area contributed by atoms with E-state index in [4.69, 9.17) is 0 Å². The van der Waals surface area contributed by atoms with Crippen molar-refractivity contribution in [3.8, 4) is 11.5 Å². The van der Waals surface area contributed by atoms with Crippen LogP contribution in [0, 0.1) is 0 Å². The molecule has 48 heavy (non-hydrogen) atoms. The van der Waals surface area contributed by atoms with E-state index < -0.39 is 23.9 Å². The van der Waals surface area contributed by atoms with Crippen LogP contribution in [0.1, 0.15) is 57.8 Å². The van der Waals surface area contributed by atoms with Gasteiger partial charge in [-0.05, 0) is 85.3 Å². The van der Waals surface area contributed by atoms with Crippen molar-refractivity contribution < 1.29 is 29.4 Å². The lowest BCUT2D eigenvalue weighted by molar-refractivity contribution is -0.120. The van der Waals surface area contributed by atoms with E-state index >= 15 is 0 Å². The molecule has 4 heterocycles. The number of nitrogens with one attached hydrogen (secondary N) is 2. The summed E-state index contributed by atoms with van der Waals surface area (Å²) in [7, 11) is 0. The highest BCUT2D eigenvalue weighted by Crippen LogP contribution is 2.26. The third kappa shape index (κ3) is 7.02. The van der Waals surface area contributed by atoms with Crippen molar-refractivity contribution in [2.45, 2.75) is 37.8 Å². The fourth-order valence-corrected chi connectivity index (χ4v) is 5.96. The molecule has 12 nitrogen and oxygen atoms in total. The van der Waals surface area contributed by atoms with Gasteiger partial charge in [0.25, 0.3) is 11.8 Å². The zero-order valence-corrected chi connectivity index (χ0v) is 26.0. The normalized spacial score (nSPS) is 17.4. The van der Waals surface area contributed by atoms with Crippen molar-refractivity contribution >= 4 is 47.2 Å². The smallest absolute Gasteiger partial charge is 0.276 e. The van der Waals surface area contributed by atoms with E-state index in [1.54, 1.807) is 24.3 Å². The van der Waals surface area contributed by atoms with Crippen LogP contribution < -0.4 is 10.6 Å². The maximum absolute atomic E-state index is 13.1. The molecular weight excluding hydrogens is 612 g/mol. The first kappa shape index (κ1) is 31.9. The van der Waals surface area contributed by atoms with E-state index in [0.717, 1.165) is 11.1 Å². The van der Waals surface area contributed by atoms with Gasteiger partial charge in [0.1, 0.15) is 23.6 Å². The number of pyridine rings is 2. The number of aromatic hydroxyl groups is 2. The van der Waals surface area contributed by atoms with E-state index in [0.29, 0.717) is 50.1 Å². The average molecular weight is 647 g/mol. The number of rotatable bonds is 8. The van der Waals surface area contributed by atoms with Gasteiger partial charge in [0.15, 0.2) is 11.4 Å². The minimum atomic E-state index is -0.660. The molecule has 2 aromatic heterocycles. The fourth-order valence-electron chi connectivity index (χ4n) is 5.96. The molecule has 0 spiro atoms. The van der Waals surface area contributed by atoms with Crippen molar-refractivity contribution in [3.05, 3.63) is 108 Å². The monoisotopic (exact) mass is 646 g/mol. The van der Waals surface area contributed by atoms with Gasteiger partial charge in [-0.3, -0.25) is 19.2 Å². The number of carbonyl (C=O) groups excluding carboxylic acids is 4. The molecular formula is C36H34N6O6. The highest BCUT2D eigenvalue weighted by Gasteiger charge is 2.37. The summed E-state index contributed by atoms with van der Waals surface area (Å²) < 4.78 is 0. The standard InChI is InChI=1S/C36H34N6O6/c43-29-7-1-19-37-31(29)35(47)41-21-3-5-27(41)33(45)39-25-15-11-23(12-16-25)9-10-24-13-17-26(18-14-24)40-34(46)28-6-4-22-42(28)36(48)32-30(44)8-2-20-38-32/h1-2,7-20,27-28,43-44H,3-6,21-22H2,(H,39,45)(H,40,46)/b10-9+/t27-,28-/m0/s1. The number of hydrogen-bond acceptors (Lipinski definition) is 8. The molecule has 2 atom stereocenters. The number of nitrogens with zero attached hydrogens (tertiary/aromatic N) is 4. The predicted octanol–water partition coefficient (Wildman–Crippen LogP) is 4.54. The summed E-state index contributed by atoms with van der Waals surface area (Å²) in [5, 5.41) is 25.8. The largest absolute Gasteiger partial charge is 0.505 e. The van der Waals surface area contributed by atoms with Gasteiger partial charge in [0.2, 0.25) is 11.8 Å². The summed E-state index contributed by atoms with van der Waals surface area (Å²) in [6.07, 6.45) is 9.09. The van der Waals surface area contributed by atoms with Gasteiger partial charge in [-0.1, -0.05) is 36.4 Å². The molecule has 0 unspecified atom stereocenters. The molecule has 12 heteroatoms. The number of hydrogen-bond donors (Lipinski definition) is 4. The topological polar surface area (TPSA) is 165 Å². The van der Waals surface area contributed by atoms with E-state index in [1.807, 2.05) is 36.4 Å². The van der Waals surface area contributed by atoms with Crippen molar-refractivity contribution in [1.29, 1.82) is 0 Å². The Kier molecular flexibility index (Phi) is 9.42. The van der Waals surface area contributed by atoms with Gasteiger partial charge in [-0.15, -0.1) is 0 Å². The summed E-state index contributed by atoms with van der Waals surface area (Å²) in [5.74, 6) is -1.98. The van der Waals surface area contributed by atoms with Crippen LogP contribution in [0.25, 0.3) is 12.2 Å². The number of carbonyl (C=O) groups is 4. The Hall–Kier alpha value is -6.04. The molecule has 244 valence electrons. The lowest BCUT2D eigenvalue weighted by atomic mass is 10.1. The van der Waals surface area contributed by atoms with Crippen LogP contribution in [-0.4, -0.2) is 78.8 Å². The number of benzene rings is 2. The molecule has 0 bridgehead atoms. The zero-order chi connectivity index (χ0) is 33.6. The molecule has 2 aliphatic heterocycles. The highest BCUT2D eigenvalue weighted by atomic mass is 16.3. The van der Waals surface area contributed by atoms with Crippen LogP contribution >= 0.6 is 0 Å². The Morgan fingerprint density at radius 2 is 1.02 bits per heavy atom. The molecule has 4 N–H and O–H groups in total. The Morgan fingerprint density at radius 3 is 1.40 bits per heavy atom. The lowest BCUT2D eigenvalue weighted by Crippen LogP contribution is -2.43. The first-order valence-corrected chi connectivity index (χ1v) is 15.7. The average Bonchev–Trinajstić information content (AvgIpc) is 3.80. The Balaban J connectivity index is 1.02. The van der Waals surface area contributed by atoms with Gasteiger partial charge in [-0.25, -0.2) is 9.97 Å². The third-order valence-electron chi connectivity index (χ3n) is 8.44. The second kappa shape index (κ2) is 14.2. The Morgan fingerprint density at radius 1 is 0.625 bits per heavy atom. The summed E-state index contributed by atoms with van der Waals surface area (Å²) in [5.41, 5.74) is 2.85. The van der Waals surface area contributed by atoms with Crippen molar-refractivity contribution in [2.24, 2.45) is 0 Å². The van der Waals surface area contributed by atoms with Crippen LogP contribution in [0.2, 0.25) is 0 Å². The van der Waals surface area contributed by atoms with Crippen LogP contribution in [0.4, 0.5) is 11.4 Å². The fraction of sp³-hybridized carbons (Fsp3) is 0.222. The van der Waals surface area contributed by atoms with Crippen LogP contribution in [0.5, 0.6) is 11.5 Å². The van der Waals surface area contributed by atoms with Gasteiger partial charge in [-0.2, -0.15) is 0 Å². The Labute approximate surface area is 276 Å². The molecule has 2 aliphatic rings. The molecule has 2 fully saturated rings. The number of likely N-dealkylation sites (tertiary alicyclic amines) is 2. The quantitative estimate of drug-likeness (QED) is 0.203. The van der Waals surface area contributed by atoms with Gasteiger partial charge < -0.3 is 30.6 Å². The second-order valence-electron chi connectivity index (χ2n) is 11.6. The van der Waals surface area contributed by atoms with Gasteiger partial charge in [0.05, 0.1) is 0 Å². The van der Waals surface area contributed by atoms with E-state index in [-0.39, 0.29) is 34.7 Å². The van der Waals surface area contributed by atoms with E-state index in [1.165, 1.54) is 46.5 Å². The molecule has 0 saturated carbocycles. The summed E-state index contributed by atoms with van der Waals surface area (Å²) in [6.45, 7) is 0.811. The first-order valence-electron chi connectivity index (χ1n) is 15.7. The highest BCUT2D eigenvalue weighted by molar-refractivity contribution is 6.03. The van der Waals surface area contributed by atoms with Crippen molar-refractivity contribution in [3.63, 3.8) is 0 Å². The summed E-state index contributed by atoms with van der Waals surface area (Å²) >= 11 is 0. The maximum atomic E-state index is 13.1. The van der Waals surface area contributed by atoms with Gasteiger partial charge in [0, 0.05) is 36.9 Å². The lowest BCUT2D eigenvalue weighted by Gasteiger charge is -2.24. The first-order chi connectivity index (χ1) is 23.3. The second-order valence-corrected chi connectivity index (χ2v) is 11.6. The van der Waals surface area contributed by atoms with Gasteiger partial charge >= 0.3 is 0 Å². The zero-order valence-electron chi connectivity index (χ0n) is 26.0. The number of aromatic nitrogens is 2. The maximum Gasteiger partial charge on any atom is 0.276 e.